The van der Waals surface area contributed by atoms with Crippen LogP contribution in [0.5, 0.6) is 0 Å². The molecular formula is C19H17FN2OS. The molecule has 0 spiro atoms. The maximum Gasteiger partial charge on any atom is 0.315 e. The first-order chi connectivity index (χ1) is 11.7. The van der Waals surface area contributed by atoms with Crippen LogP contribution in [0.15, 0.2) is 72.1 Å². The van der Waals surface area contributed by atoms with Crippen molar-refractivity contribution in [3.8, 4) is 0 Å². The molecular weight excluding hydrogens is 323 g/mol. The molecule has 1 aromatic heterocycles. The van der Waals surface area contributed by atoms with Gasteiger partial charge in [0.1, 0.15) is 5.82 Å². The number of urea groups is 1. The Kier molecular flexibility index (Phi) is 5.23. The average molecular weight is 340 g/mol. The van der Waals surface area contributed by atoms with Crippen LogP contribution in [0.3, 0.4) is 0 Å². The Bertz CT molecular complexity index is 773. The molecule has 5 heteroatoms. The lowest BCUT2D eigenvalue weighted by molar-refractivity contribution is 0.238. The van der Waals surface area contributed by atoms with Crippen molar-refractivity contribution in [3.05, 3.63) is 93.9 Å². The van der Waals surface area contributed by atoms with Gasteiger partial charge in [-0.1, -0.05) is 48.5 Å². The van der Waals surface area contributed by atoms with E-state index in [0.717, 1.165) is 16.0 Å². The molecule has 3 aromatic rings. The van der Waals surface area contributed by atoms with E-state index in [4.69, 9.17) is 0 Å². The molecule has 0 unspecified atom stereocenters. The first-order valence-corrected chi connectivity index (χ1v) is 8.47. The molecule has 0 saturated heterocycles. The van der Waals surface area contributed by atoms with E-state index in [2.05, 4.69) is 10.6 Å². The number of nitrogens with one attached hydrogen (secondary N) is 2. The van der Waals surface area contributed by atoms with E-state index >= 15 is 0 Å². The molecule has 0 aliphatic rings. The van der Waals surface area contributed by atoms with E-state index in [9.17, 15) is 9.18 Å². The number of amides is 2. The van der Waals surface area contributed by atoms with Crippen molar-refractivity contribution in [1.29, 1.82) is 0 Å². The lowest BCUT2D eigenvalue weighted by atomic mass is 10.1. The summed E-state index contributed by atoms with van der Waals surface area (Å²) < 4.78 is 13.2. The Morgan fingerprint density at radius 3 is 2.42 bits per heavy atom. The number of benzene rings is 2. The molecule has 2 amide bonds. The van der Waals surface area contributed by atoms with Gasteiger partial charge in [-0.15, -0.1) is 11.3 Å². The Hall–Kier alpha value is -2.66. The fourth-order valence-electron chi connectivity index (χ4n) is 2.39. The highest BCUT2D eigenvalue weighted by atomic mass is 32.1. The maximum atomic E-state index is 13.2. The van der Waals surface area contributed by atoms with E-state index in [1.807, 2.05) is 47.8 Å². The van der Waals surface area contributed by atoms with E-state index in [1.54, 1.807) is 23.5 Å². The molecule has 0 bridgehead atoms. The van der Waals surface area contributed by atoms with Crippen molar-refractivity contribution >= 4 is 17.4 Å². The Labute approximate surface area is 144 Å². The van der Waals surface area contributed by atoms with Crippen LogP contribution < -0.4 is 10.6 Å². The minimum atomic E-state index is -0.304. The van der Waals surface area contributed by atoms with Crippen LogP contribution >= 0.6 is 11.3 Å². The van der Waals surface area contributed by atoms with Crippen molar-refractivity contribution in [2.75, 3.05) is 0 Å². The lowest BCUT2D eigenvalue weighted by Gasteiger charge is -2.18. The third-order valence-electron chi connectivity index (χ3n) is 3.60. The van der Waals surface area contributed by atoms with Crippen molar-refractivity contribution in [1.82, 2.24) is 10.6 Å². The zero-order valence-corrected chi connectivity index (χ0v) is 13.7. The number of rotatable bonds is 5. The number of thiophene rings is 1. The highest BCUT2D eigenvalue weighted by Crippen LogP contribution is 2.26. The van der Waals surface area contributed by atoms with Gasteiger partial charge in [0.2, 0.25) is 0 Å². The fourth-order valence-corrected chi connectivity index (χ4v) is 3.19. The van der Waals surface area contributed by atoms with Gasteiger partial charge in [-0.25, -0.2) is 9.18 Å². The molecule has 2 N–H and O–H groups in total. The van der Waals surface area contributed by atoms with Gasteiger partial charge in [0.15, 0.2) is 0 Å². The van der Waals surface area contributed by atoms with Gasteiger partial charge in [0.25, 0.3) is 0 Å². The second-order valence-electron chi connectivity index (χ2n) is 5.31. The summed E-state index contributed by atoms with van der Waals surface area (Å²) in [4.78, 5) is 13.3. The zero-order valence-electron chi connectivity index (χ0n) is 12.9. The highest BCUT2D eigenvalue weighted by Gasteiger charge is 2.17. The van der Waals surface area contributed by atoms with Crippen molar-refractivity contribution in [3.63, 3.8) is 0 Å². The predicted octanol–water partition coefficient (Wildman–Crippen LogP) is 4.48. The quantitative estimate of drug-likeness (QED) is 0.706. The number of carbonyl (C=O) groups excluding carboxylic acids is 1. The highest BCUT2D eigenvalue weighted by molar-refractivity contribution is 7.10. The summed E-state index contributed by atoms with van der Waals surface area (Å²) in [5, 5.41) is 7.77. The Morgan fingerprint density at radius 2 is 1.75 bits per heavy atom. The summed E-state index contributed by atoms with van der Waals surface area (Å²) >= 11 is 1.55. The van der Waals surface area contributed by atoms with Crippen LogP contribution in [0.25, 0.3) is 0 Å². The average Bonchev–Trinajstić information content (AvgIpc) is 3.14. The maximum absolute atomic E-state index is 13.2. The number of halogens is 1. The van der Waals surface area contributed by atoms with E-state index in [-0.39, 0.29) is 17.9 Å². The Morgan fingerprint density at radius 1 is 1.00 bits per heavy atom. The molecule has 1 heterocycles. The monoisotopic (exact) mass is 340 g/mol. The van der Waals surface area contributed by atoms with Crippen molar-refractivity contribution in [2.24, 2.45) is 0 Å². The summed E-state index contributed by atoms with van der Waals surface area (Å²) in [6.45, 7) is 0.452. The Balaban J connectivity index is 1.70. The molecule has 24 heavy (non-hydrogen) atoms. The first kappa shape index (κ1) is 16.2. The second kappa shape index (κ2) is 7.75. The lowest BCUT2D eigenvalue weighted by Crippen LogP contribution is -2.37. The molecule has 0 fully saturated rings. The van der Waals surface area contributed by atoms with Gasteiger partial charge in [0.05, 0.1) is 6.04 Å². The van der Waals surface area contributed by atoms with Crippen LogP contribution in [0.4, 0.5) is 9.18 Å². The van der Waals surface area contributed by atoms with Crippen LogP contribution in [-0.2, 0) is 6.54 Å². The molecule has 0 radical (unpaired) electrons. The van der Waals surface area contributed by atoms with Gasteiger partial charge >= 0.3 is 6.03 Å². The van der Waals surface area contributed by atoms with Crippen molar-refractivity contribution in [2.45, 2.75) is 12.6 Å². The number of hydrogen-bond acceptors (Lipinski definition) is 2. The molecule has 3 nitrogen and oxygen atoms in total. The van der Waals surface area contributed by atoms with Crippen LogP contribution in [-0.4, -0.2) is 6.03 Å². The molecule has 3 rings (SSSR count). The van der Waals surface area contributed by atoms with Gasteiger partial charge in [-0.2, -0.15) is 0 Å². The third-order valence-corrected chi connectivity index (χ3v) is 4.54. The van der Waals surface area contributed by atoms with Crippen LogP contribution in [0.2, 0.25) is 0 Å². The smallest absolute Gasteiger partial charge is 0.315 e. The summed E-state index contributed by atoms with van der Waals surface area (Å²) in [5.74, 6) is -0.294. The molecule has 0 aliphatic carbocycles. The van der Waals surface area contributed by atoms with Crippen LogP contribution in [0.1, 0.15) is 22.0 Å². The van der Waals surface area contributed by atoms with Gasteiger partial charge < -0.3 is 10.6 Å². The summed E-state index contributed by atoms with van der Waals surface area (Å²) in [6, 6.07) is 19.2. The molecule has 122 valence electrons. The zero-order chi connectivity index (χ0) is 16.8. The molecule has 0 saturated carbocycles. The minimum Gasteiger partial charge on any atom is -0.334 e. The van der Waals surface area contributed by atoms with Crippen LogP contribution in [0, 0.1) is 5.82 Å². The van der Waals surface area contributed by atoms with Crippen molar-refractivity contribution < 1.29 is 9.18 Å². The number of carbonyl (C=O) groups is 1. The topological polar surface area (TPSA) is 41.1 Å². The summed E-state index contributed by atoms with van der Waals surface area (Å²) in [5.41, 5.74) is 1.87. The molecule has 1 atom stereocenters. The minimum absolute atomic E-state index is 0.262. The summed E-state index contributed by atoms with van der Waals surface area (Å²) in [7, 11) is 0. The van der Waals surface area contributed by atoms with E-state index < -0.39 is 0 Å². The SMILES string of the molecule is O=C(NCc1ccccc1)N[C@@H](c1ccc(F)cc1)c1cccs1. The summed E-state index contributed by atoms with van der Waals surface area (Å²) in [6.07, 6.45) is 0. The van der Waals surface area contributed by atoms with Gasteiger partial charge in [0, 0.05) is 11.4 Å². The second-order valence-corrected chi connectivity index (χ2v) is 6.29. The molecule has 2 aromatic carbocycles. The van der Waals surface area contributed by atoms with E-state index in [0.29, 0.717) is 6.54 Å². The van der Waals surface area contributed by atoms with Gasteiger partial charge in [-0.3, -0.25) is 0 Å². The first-order valence-electron chi connectivity index (χ1n) is 7.59. The number of hydrogen-bond donors (Lipinski definition) is 2. The standard InChI is InChI=1S/C19H17FN2OS/c20-16-10-8-15(9-11-16)18(17-7-4-12-24-17)22-19(23)21-13-14-5-2-1-3-6-14/h1-12,18H,13H2,(H2,21,22,23)/t18-/m0/s1. The van der Waals surface area contributed by atoms with Gasteiger partial charge in [-0.05, 0) is 34.7 Å². The third kappa shape index (κ3) is 4.20. The fraction of sp³-hybridized carbons (Fsp3) is 0.105. The predicted molar refractivity (Wildman–Crippen MR) is 94.4 cm³/mol. The molecule has 0 aliphatic heterocycles. The van der Waals surface area contributed by atoms with E-state index in [1.165, 1.54) is 12.1 Å². The normalized spacial score (nSPS) is 11.7. The largest absolute Gasteiger partial charge is 0.334 e.